The standard InChI is InChI=1S/C11H9NO5/c1-16-8-5-6(7-3-2-4-17-7)12-9(10(8)13)11(14)15/h2-5,13H,1H3,(H,14,15). The molecule has 2 heterocycles. The van der Waals surface area contributed by atoms with Crippen molar-refractivity contribution in [1.29, 1.82) is 0 Å². The number of aromatic nitrogens is 1. The van der Waals surface area contributed by atoms with E-state index in [1.807, 2.05) is 0 Å². The van der Waals surface area contributed by atoms with E-state index in [1.165, 1.54) is 19.4 Å². The lowest BCUT2D eigenvalue weighted by molar-refractivity contribution is 0.0686. The fraction of sp³-hybridized carbons (Fsp3) is 0.0909. The second kappa shape index (κ2) is 4.17. The molecule has 0 aromatic carbocycles. The zero-order valence-electron chi connectivity index (χ0n) is 8.88. The Bertz CT molecular complexity index is 547. The zero-order valence-corrected chi connectivity index (χ0v) is 8.88. The average Bonchev–Trinajstić information content (AvgIpc) is 2.82. The maximum Gasteiger partial charge on any atom is 0.358 e. The summed E-state index contributed by atoms with van der Waals surface area (Å²) >= 11 is 0. The number of hydrogen-bond acceptors (Lipinski definition) is 5. The van der Waals surface area contributed by atoms with Crippen LogP contribution in [0.15, 0.2) is 28.9 Å². The van der Waals surface area contributed by atoms with E-state index >= 15 is 0 Å². The molecule has 88 valence electrons. The molecule has 0 spiro atoms. The maximum absolute atomic E-state index is 10.9. The van der Waals surface area contributed by atoms with Gasteiger partial charge in [0.2, 0.25) is 0 Å². The highest BCUT2D eigenvalue weighted by atomic mass is 16.5. The molecule has 0 saturated heterocycles. The molecule has 2 N–H and O–H groups in total. The zero-order chi connectivity index (χ0) is 12.4. The van der Waals surface area contributed by atoms with E-state index in [0.717, 1.165) is 0 Å². The fourth-order valence-corrected chi connectivity index (χ4v) is 1.37. The number of pyridine rings is 1. The lowest BCUT2D eigenvalue weighted by Gasteiger charge is -2.07. The normalized spacial score (nSPS) is 10.2. The van der Waals surface area contributed by atoms with Gasteiger partial charge in [-0.3, -0.25) is 0 Å². The van der Waals surface area contributed by atoms with Crippen molar-refractivity contribution in [1.82, 2.24) is 4.98 Å². The smallest absolute Gasteiger partial charge is 0.358 e. The van der Waals surface area contributed by atoms with Crippen LogP contribution in [0.4, 0.5) is 0 Å². The molecule has 2 aromatic rings. The molecule has 0 fully saturated rings. The second-order valence-corrected chi connectivity index (χ2v) is 3.19. The van der Waals surface area contributed by atoms with Crippen LogP contribution in [0.5, 0.6) is 11.5 Å². The van der Waals surface area contributed by atoms with Gasteiger partial charge in [-0.15, -0.1) is 0 Å². The van der Waals surface area contributed by atoms with E-state index in [9.17, 15) is 9.90 Å². The van der Waals surface area contributed by atoms with E-state index in [0.29, 0.717) is 5.76 Å². The van der Waals surface area contributed by atoms with E-state index < -0.39 is 17.4 Å². The van der Waals surface area contributed by atoms with Crippen LogP contribution in [0, 0.1) is 0 Å². The summed E-state index contributed by atoms with van der Waals surface area (Å²) in [6.07, 6.45) is 1.44. The van der Waals surface area contributed by atoms with E-state index in [2.05, 4.69) is 4.98 Å². The Hall–Kier alpha value is -2.50. The Morgan fingerprint density at radius 1 is 1.53 bits per heavy atom. The van der Waals surface area contributed by atoms with E-state index in [1.54, 1.807) is 12.1 Å². The van der Waals surface area contributed by atoms with Crippen LogP contribution in [0.1, 0.15) is 10.5 Å². The average molecular weight is 235 g/mol. The van der Waals surface area contributed by atoms with Gasteiger partial charge < -0.3 is 19.4 Å². The molecule has 0 atom stereocenters. The number of ether oxygens (including phenoxy) is 1. The Kier molecular flexibility index (Phi) is 2.70. The van der Waals surface area contributed by atoms with Crippen molar-refractivity contribution in [2.45, 2.75) is 0 Å². The molecule has 0 bridgehead atoms. The number of rotatable bonds is 3. The molecular weight excluding hydrogens is 226 g/mol. The summed E-state index contributed by atoms with van der Waals surface area (Å²) in [5.41, 5.74) is -0.196. The van der Waals surface area contributed by atoms with Crippen LogP contribution in [0.25, 0.3) is 11.5 Å². The Morgan fingerprint density at radius 2 is 2.29 bits per heavy atom. The first-order valence-electron chi connectivity index (χ1n) is 4.68. The largest absolute Gasteiger partial charge is 0.503 e. The lowest BCUT2D eigenvalue weighted by atomic mass is 10.2. The number of carboxylic acid groups (broad SMARTS) is 1. The van der Waals surface area contributed by atoms with Crippen molar-refractivity contribution in [2.75, 3.05) is 7.11 Å². The number of aromatic carboxylic acids is 1. The topological polar surface area (TPSA) is 92.8 Å². The monoisotopic (exact) mass is 235 g/mol. The van der Waals surface area contributed by atoms with Crippen molar-refractivity contribution in [3.63, 3.8) is 0 Å². The Morgan fingerprint density at radius 3 is 2.82 bits per heavy atom. The maximum atomic E-state index is 10.9. The van der Waals surface area contributed by atoms with Gasteiger partial charge in [-0.05, 0) is 12.1 Å². The minimum absolute atomic E-state index is 0.0313. The van der Waals surface area contributed by atoms with Crippen LogP contribution in [0.3, 0.4) is 0 Å². The predicted molar refractivity (Wildman–Crippen MR) is 57.1 cm³/mol. The number of carboxylic acids is 1. The molecule has 2 aromatic heterocycles. The van der Waals surface area contributed by atoms with Crippen LogP contribution in [-0.4, -0.2) is 28.3 Å². The molecule has 2 rings (SSSR count). The minimum Gasteiger partial charge on any atom is -0.503 e. The highest BCUT2D eigenvalue weighted by molar-refractivity contribution is 5.90. The molecule has 6 heteroatoms. The quantitative estimate of drug-likeness (QED) is 0.841. The highest BCUT2D eigenvalue weighted by Gasteiger charge is 2.19. The van der Waals surface area contributed by atoms with E-state index in [4.69, 9.17) is 14.3 Å². The van der Waals surface area contributed by atoms with Crippen molar-refractivity contribution in [2.24, 2.45) is 0 Å². The number of carbonyl (C=O) groups is 1. The number of furan rings is 1. The van der Waals surface area contributed by atoms with Gasteiger partial charge in [-0.1, -0.05) is 0 Å². The molecule has 17 heavy (non-hydrogen) atoms. The van der Waals surface area contributed by atoms with Gasteiger partial charge in [0.25, 0.3) is 0 Å². The summed E-state index contributed by atoms with van der Waals surface area (Å²) in [4.78, 5) is 14.7. The molecule has 0 aliphatic heterocycles. The lowest BCUT2D eigenvalue weighted by Crippen LogP contribution is -2.03. The number of aromatic hydroxyl groups is 1. The van der Waals surface area contributed by atoms with Crippen LogP contribution >= 0.6 is 0 Å². The number of nitrogens with zero attached hydrogens (tertiary/aromatic N) is 1. The molecule has 0 unspecified atom stereocenters. The predicted octanol–water partition coefficient (Wildman–Crippen LogP) is 1.75. The minimum atomic E-state index is -1.34. The highest BCUT2D eigenvalue weighted by Crippen LogP contribution is 2.33. The molecular formula is C11H9NO5. The summed E-state index contributed by atoms with van der Waals surface area (Å²) in [5, 5.41) is 18.5. The third-order valence-electron chi connectivity index (χ3n) is 2.15. The summed E-state index contributed by atoms with van der Waals surface area (Å²) in [7, 11) is 1.33. The van der Waals surface area contributed by atoms with Crippen LogP contribution in [-0.2, 0) is 0 Å². The van der Waals surface area contributed by atoms with Crippen molar-refractivity contribution in [3.8, 4) is 23.0 Å². The van der Waals surface area contributed by atoms with Gasteiger partial charge in [0.15, 0.2) is 23.0 Å². The molecule has 6 nitrogen and oxygen atoms in total. The first-order chi connectivity index (χ1) is 8.13. The van der Waals surface area contributed by atoms with Gasteiger partial charge in [0.1, 0.15) is 5.69 Å². The van der Waals surface area contributed by atoms with Gasteiger partial charge >= 0.3 is 5.97 Å². The first kappa shape index (κ1) is 11.0. The van der Waals surface area contributed by atoms with Crippen molar-refractivity contribution in [3.05, 3.63) is 30.2 Å². The Labute approximate surface area is 96.1 Å². The van der Waals surface area contributed by atoms with Gasteiger partial charge in [0, 0.05) is 6.07 Å². The SMILES string of the molecule is COc1cc(-c2ccco2)nc(C(=O)O)c1O. The molecule has 0 amide bonds. The second-order valence-electron chi connectivity index (χ2n) is 3.19. The van der Waals surface area contributed by atoms with Crippen LogP contribution < -0.4 is 4.74 Å². The fourth-order valence-electron chi connectivity index (χ4n) is 1.37. The first-order valence-corrected chi connectivity index (χ1v) is 4.68. The van der Waals surface area contributed by atoms with Crippen LogP contribution in [0.2, 0.25) is 0 Å². The summed E-state index contributed by atoms with van der Waals surface area (Å²) in [6, 6.07) is 4.68. The van der Waals surface area contributed by atoms with Gasteiger partial charge in [-0.25, -0.2) is 9.78 Å². The number of methoxy groups -OCH3 is 1. The molecule has 0 aliphatic rings. The molecule has 0 saturated carbocycles. The number of hydrogen-bond donors (Lipinski definition) is 2. The van der Waals surface area contributed by atoms with Gasteiger partial charge in [0.05, 0.1) is 13.4 Å². The van der Waals surface area contributed by atoms with Crippen molar-refractivity contribution < 1.29 is 24.2 Å². The summed E-state index contributed by atoms with van der Waals surface area (Å²) in [5.74, 6) is -1.42. The van der Waals surface area contributed by atoms with E-state index in [-0.39, 0.29) is 11.4 Å². The van der Waals surface area contributed by atoms with Crippen molar-refractivity contribution >= 4 is 5.97 Å². The summed E-state index contributed by atoms with van der Waals surface area (Å²) in [6.45, 7) is 0. The third kappa shape index (κ3) is 1.92. The van der Waals surface area contributed by atoms with Gasteiger partial charge in [-0.2, -0.15) is 0 Å². The third-order valence-corrected chi connectivity index (χ3v) is 2.15. The Balaban J connectivity index is 2.63. The summed E-state index contributed by atoms with van der Waals surface area (Å²) < 4.78 is 9.98. The molecule has 0 radical (unpaired) electrons. The molecule has 0 aliphatic carbocycles.